The van der Waals surface area contributed by atoms with Gasteiger partial charge in [0.25, 0.3) is 5.91 Å². The summed E-state index contributed by atoms with van der Waals surface area (Å²) in [5.74, 6) is -0.694. The van der Waals surface area contributed by atoms with Crippen LogP contribution < -0.4 is 0 Å². The molecular weight excluding hydrogens is 287 g/mol. The third-order valence-corrected chi connectivity index (χ3v) is 2.90. The molecule has 1 amide bonds. The van der Waals surface area contributed by atoms with Crippen LogP contribution >= 0.6 is 15.9 Å². The number of carbonyl (C=O) groups is 1. The van der Waals surface area contributed by atoms with Gasteiger partial charge in [-0.2, -0.15) is 5.26 Å². The van der Waals surface area contributed by atoms with Gasteiger partial charge in [-0.25, -0.2) is 4.39 Å². The summed E-state index contributed by atoms with van der Waals surface area (Å²) in [5, 5.41) is 8.67. The first-order chi connectivity index (χ1) is 7.97. The van der Waals surface area contributed by atoms with Crippen LogP contribution in [-0.4, -0.2) is 23.4 Å². The van der Waals surface area contributed by atoms with Crippen LogP contribution in [0.5, 0.6) is 0 Å². The molecule has 0 aliphatic rings. The van der Waals surface area contributed by atoms with Crippen molar-refractivity contribution in [3.05, 3.63) is 34.1 Å². The van der Waals surface area contributed by atoms with Gasteiger partial charge in [0.15, 0.2) is 0 Å². The highest BCUT2D eigenvalue weighted by Crippen LogP contribution is 2.18. The lowest BCUT2D eigenvalue weighted by molar-refractivity contribution is 0.0731. The van der Waals surface area contributed by atoms with E-state index < -0.39 is 5.82 Å². The van der Waals surface area contributed by atoms with Crippen molar-refractivity contribution in [2.45, 2.75) is 19.9 Å². The van der Waals surface area contributed by atoms with Crippen molar-refractivity contribution >= 4 is 21.8 Å². The fourth-order valence-electron chi connectivity index (χ4n) is 1.36. The predicted molar refractivity (Wildman–Crippen MR) is 65.9 cm³/mol. The zero-order valence-corrected chi connectivity index (χ0v) is 11.2. The minimum atomic E-state index is -0.419. The Labute approximate surface area is 108 Å². The lowest BCUT2D eigenvalue weighted by atomic mass is 10.1. The molecule has 90 valence electrons. The SMILES string of the molecule is CC(C)N(CC#N)C(=O)c1ccc(F)c(Br)c1. The Hall–Kier alpha value is -1.41. The zero-order valence-electron chi connectivity index (χ0n) is 9.58. The van der Waals surface area contributed by atoms with Crippen LogP contribution in [0, 0.1) is 17.1 Å². The maximum absolute atomic E-state index is 13.0. The van der Waals surface area contributed by atoms with Gasteiger partial charge in [-0.15, -0.1) is 0 Å². The van der Waals surface area contributed by atoms with Gasteiger partial charge in [-0.1, -0.05) is 0 Å². The summed E-state index contributed by atoms with van der Waals surface area (Å²) in [6, 6.07) is 5.92. The Morgan fingerprint density at radius 2 is 2.24 bits per heavy atom. The van der Waals surface area contributed by atoms with E-state index in [2.05, 4.69) is 15.9 Å². The predicted octanol–water partition coefficient (Wildman–Crippen LogP) is 2.96. The molecule has 0 unspecified atom stereocenters. The van der Waals surface area contributed by atoms with E-state index in [1.54, 1.807) is 0 Å². The van der Waals surface area contributed by atoms with Crippen LogP contribution in [0.3, 0.4) is 0 Å². The van der Waals surface area contributed by atoms with Crippen molar-refractivity contribution in [2.24, 2.45) is 0 Å². The number of hydrogen-bond acceptors (Lipinski definition) is 2. The van der Waals surface area contributed by atoms with E-state index in [9.17, 15) is 9.18 Å². The van der Waals surface area contributed by atoms with Crippen LogP contribution in [0.4, 0.5) is 4.39 Å². The fraction of sp³-hybridized carbons (Fsp3) is 0.333. The molecule has 0 aromatic heterocycles. The third kappa shape index (κ3) is 3.27. The van der Waals surface area contributed by atoms with Gasteiger partial charge in [0.2, 0.25) is 0 Å². The van der Waals surface area contributed by atoms with Crippen molar-refractivity contribution in [2.75, 3.05) is 6.54 Å². The lowest BCUT2D eigenvalue weighted by Crippen LogP contribution is -2.37. The van der Waals surface area contributed by atoms with E-state index >= 15 is 0 Å². The Bertz CT molecular complexity index is 468. The molecule has 0 fully saturated rings. The minimum Gasteiger partial charge on any atom is -0.323 e. The van der Waals surface area contributed by atoms with Crippen molar-refractivity contribution in [1.82, 2.24) is 4.90 Å². The molecule has 0 heterocycles. The zero-order chi connectivity index (χ0) is 13.0. The number of carbonyl (C=O) groups excluding carboxylic acids is 1. The van der Waals surface area contributed by atoms with E-state index in [0.29, 0.717) is 5.56 Å². The maximum atomic E-state index is 13.0. The Balaban J connectivity index is 3.02. The smallest absolute Gasteiger partial charge is 0.254 e. The van der Waals surface area contributed by atoms with Gasteiger partial charge in [-0.3, -0.25) is 4.79 Å². The number of hydrogen-bond donors (Lipinski definition) is 0. The molecule has 0 spiro atoms. The Morgan fingerprint density at radius 1 is 1.59 bits per heavy atom. The van der Waals surface area contributed by atoms with Crippen LogP contribution in [0.2, 0.25) is 0 Å². The Morgan fingerprint density at radius 3 is 2.71 bits per heavy atom. The molecule has 1 aromatic rings. The number of nitriles is 1. The van der Waals surface area contributed by atoms with Crippen LogP contribution in [-0.2, 0) is 0 Å². The molecule has 0 aliphatic heterocycles. The van der Waals surface area contributed by atoms with Gasteiger partial charge in [0.05, 0.1) is 10.5 Å². The average molecular weight is 299 g/mol. The molecule has 3 nitrogen and oxygen atoms in total. The van der Waals surface area contributed by atoms with Gasteiger partial charge in [0.1, 0.15) is 12.4 Å². The standard InChI is InChI=1S/C12H12BrFN2O/c1-8(2)16(6-5-15)12(17)9-3-4-11(14)10(13)7-9/h3-4,7-8H,6H2,1-2H3. The number of rotatable bonds is 3. The van der Waals surface area contributed by atoms with Crippen LogP contribution in [0.25, 0.3) is 0 Å². The highest BCUT2D eigenvalue weighted by atomic mass is 79.9. The average Bonchev–Trinajstić information content (AvgIpc) is 2.28. The summed E-state index contributed by atoms with van der Waals surface area (Å²) >= 11 is 3.03. The second-order valence-electron chi connectivity index (χ2n) is 3.81. The molecule has 0 bridgehead atoms. The molecule has 17 heavy (non-hydrogen) atoms. The monoisotopic (exact) mass is 298 g/mol. The number of amides is 1. The molecule has 0 aliphatic carbocycles. The first-order valence-corrected chi connectivity index (χ1v) is 5.89. The lowest BCUT2D eigenvalue weighted by Gasteiger charge is -2.23. The summed E-state index contributed by atoms with van der Waals surface area (Å²) in [6.45, 7) is 3.67. The van der Waals surface area contributed by atoms with Gasteiger partial charge >= 0.3 is 0 Å². The molecule has 0 radical (unpaired) electrons. The Kier molecular flexibility index (Phi) is 4.64. The van der Waals surface area contributed by atoms with Gasteiger partial charge in [-0.05, 0) is 48.0 Å². The number of nitrogens with zero attached hydrogens (tertiary/aromatic N) is 2. The van der Waals surface area contributed by atoms with Gasteiger partial charge < -0.3 is 4.90 Å². The van der Waals surface area contributed by atoms with Crippen molar-refractivity contribution in [3.63, 3.8) is 0 Å². The van der Waals surface area contributed by atoms with E-state index in [0.717, 1.165) is 0 Å². The first-order valence-electron chi connectivity index (χ1n) is 5.10. The van der Waals surface area contributed by atoms with Crippen LogP contribution in [0.15, 0.2) is 22.7 Å². The van der Waals surface area contributed by atoms with E-state index in [1.165, 1.54) is 23.1 Å². The summed E-state index contributed by atoms with van der Waals surface area (Å²) < 4.78 is 13.3. The maximum Gasteiger partial charge on any atom is 0.254 e. The van der Waals surface area contributed by atoms with E-state index in [4.69, 9.17) is 5.26 Å². The quantitative estimate of drug-likeness (QED) is 0.805. The van der Waals surface area contributed by atoms with Gasteiger partial charge in [0, 0.05) is 11.6 Å². The molecule has 0 saturated heterocycles. The summed E-state index contributed by atoms with van der Waals surface area (Å²) in [4.78, 5) is 13.5. The van der Waals surface area contributed by atoms with Crippen molar-refractivity contribution in [1.29, 1.82) is 5.26 Å². The third-order valence-electron chi connectivity index (χ3n) is 2.29. The molecule has 0 N–H and O–H groups in total. The highest BCUT2D eigenvalue weighted by molar-refractivity contribution is 9.10. The fourth-order valence-corrected chi connectivity index (χ4v) is 1.74. The molecule has 0 saturated carbocycles. The normalized spacial score (nSPS) is 10.1. The minimum absolute atomic E-state index is 0.0193. The topological polar surface area (TPSA) is 44.1 Å². The van der Waals surface area contributed by atoms with E-state index in [1.807, 2.05) is 19.9 Å². The van der Waals surface area contributed by atoms with Crippen molar-refractivity contribution in [3.8, 4) is 6.07 Å². The number of benzene rings is 1. The number of halogens is 2. The molecule has 1 aromatic carbocycles. The molecule has 5 heteroatoms. The van der Waals surface area contributed by atoms with E-state index in [-0.39, 0.29) is 23.0 Å². The van der Waals surface area contributed by atoms with Crippen LogP contribution in [0.1, 0.15) is 24.2 Å². The first kappa shape index (κ1) is 13.7. The molecule has 0 atom stereocenters. The molecular formula is C12H12BrFN2O. The molecule has 1 rings (SSSR count). The second-order valence-corrected chi connectivity index (χ2v) is 4.67. The highest BCUT2D eigenvalue weighted by Gasteiger charge is 2.19. The largest absolute Gasteiger partial charge is 0.323 e. The summed E-state index contributed by atoms with van der Waals surface area (Å²) in [7, 11) is 0. The summed E-state index contributed by atoms with van der Waals surface area (Å²) in [5.41, 5.74) is 0.363. The summed E-state index contributed by atoms with van der Waals surface area (Å²) in [6.07, 6.45) is 0. The second kappa shape index (κ2) is 5.78. The van der Waals surface area contributed by atoms with Crippen molar-refractivity contribution < 1.29 is 9.18 Å².